The van der Waals surface area contributed by atoms with Gasteiger partial charge in [-0.3, -0.25) is 0 Å². The number of hydrogen-bond acceptors (Lipinski definition) is 1. The van der Waals surface area contributed by atoms with Crippen molar-refractivity contribution in [1.82, 2.24) is 0 Å². The van der Waals surface area contributed by atoms with Crippen LogP contribution in [0.3, 0.4) is 0 Å². The van der Waals surface area contributed by atoms with E-state index in [1.54, 1.807) is 0 Å². The third-order valence-electron chi connectivity index (χ3n) is 1.47. The molecule has 1 heteroatoms. The van der Waals surface area contributed by atoms with Crippen molar-refractivity contribution in [2.45, 2.75) is 12.0 Å². The van der Waals surface area contributed by atoms with E-state index in [9.17, 15) is 0 Å². The van der Waals surface area contributed by atoms with Crippen molar-refractivity contribution >= 4 is 0 Å². The molecule has 0 bridgehead atoms. The van der Waals surface area contributed by atoms with Crippen LogP contribution in [0.25, 0.3) is 0 Å². The zero-order valence-electron chi connectivity index (χ0n) is 4.52. The van der Waals surface area contributed by atoms with E-state index in [0.717, 1.165) is 6.42 Å². The minimum absolute atomic E-state index is 0.132. The molecule has 40 valence electrons. The molecule has 1 rings (SSSR count). The molecule has 0 amide bonds. The lowest BCUT2D eigenvalue weighted by molar-refractivity contribution is 0.842. The second-order valence-electron chi connectivity index (χ2n) is 2.11. The molecule has 2 atom stereocenters. The molecule has 0 aliphatic heterocycles. The molecule has 0 spiro atoms. The van der Waals surface area contributed by atoms with Crippen molar-refractivity contribution in [3.05, 3.63) is 0 Å². The van der Waals surface area contributed by atoms with E-state index in [1.165, 1.54) is 0 Å². The van der Waals surface area contributed by atoms with Gasteiger partial charge < -0.3 is 5.73 Å². The minimum Gasteiger partial charge on any atom is -0.314 e. The summed E-state index contributed by atoms with van der Waals surface area (Å²) < 4.78 is 0. The zero-order chi connectivity index (χ0) is 6.20. The van der Waals surface area contributed by atoms with Gasteiger partial charge in [0, 0.05) is 0 Å². The summed E-state index contributed by atoms with van der Waals surface area (Å²) in [5, 5.41) is 0. The van der Waals surface area contributed by atoms with Gasteiger partial charge in [-0.25, -0.2) is 0 Å². The molecule has 0 aromatic heterocycles. The van der Waals surface area contributed by atoms with Crippen LogP contribution >= 0.6 is 0 Å². The Morgan fingerprint density at radius 1 is 1.62 bits per heavy atom. The number of terminal acetylenes is 2. The summed E-state index contributed by atoms with van der Waals surface area (Å²) >= 11 is 0. The van der Waals surface area contributed by atoms with E-state index in [1.807, 2.05) is 0 Å². The number of nitrogens with two attached hydrogens (primary N) is 1. The molecule has 0 heterocycles. The Morgan fingerprint density at radius 2 is 2.25 bits per heavy atom. The van der Waals surface area contributed by atoms with Crippen LogP contribution in [0.1, 0.15) is 6.42 Å². The molecule has 8 heavy (non-hydrogen) atoms. The summed E-state index contributed by atoms with van der Waals surface area (Å²) in [7, 11) is 0. The normalized spacial score (nSPS) is 42.1. The second kappa shape index (κ2) is 1.28. The van der Waals surface area contributed by atoms with Gasteiger partial charge in [-0.05, 0) is 6.42 Å². The summed E-state index contributed by atoms with van der Waals surface area (Å²) in [6.45, 7) is 0. The van der Waals surface area contributed by atoms with Crippen molar-refractivity contribution < 1.29 is 0 Å². The molecule has 0 aromatic carbocycles. The maximum Gasteiger partial charge on any atom is 0.0925 e. The summed E-state index contributed by atoms with van der Waals surface area (Å²) in [5.74, 6) is 5.10. The highest BCUT2D eigenvalue weighted by molar-refractivity contribution is 5.33. The van der Waals surface area contributed by atoms with Gasteiger partial charge in [0.05, 0.1) is 11.5 Å². The van der Waals surface area contributed by atoms with Crippen molar-refractivity contribution in [2.75, 3.05) is 0 Å². The molecular weight excluding hydrogens is 98.1 g/mol. The Morgan fingerprint density at radius 3 is 2.38 bits per heavy atom. The lowest BCUT2D eigenvalue weighted by Crippen LogP contribution is -2.21. The van der Waals surface area contributed by atoms with Crippen LogP contribution in [0.5, 0.6) is 0 Å². The van der Waals surface area contributed by atoms with Crippen LogP contribution in [-0.2, 0) is 0 Å². The molecule has 0 radical (unpaired) electrons. The standard InChI is InChI=1S/C7H7N/c1-3-6-5-7(6,8)4-2/h1-2,6H,5,8H2/t6-,7-/m1/s1. The predicted octanol–water partition coefficient (Wildman–Crippen LogP) is -0.0298. The van der Waals surface area contributed by atoms with Gasteiger partial charge in [-0.1, -0.05) is 5.92 Å². The molecule has 0 unspecified atom stereocenters. The molecule has 1 nitrogen and oxygen atoms in total. The van der Waals surface area contributed by atoms with Gasteiger partial charge in [0.25, 0.3) is 0 Å². The van der Waals surface area contributed by atoms with E-state index in [-0.39, 0.29) is 5.92 Å². The SMILES string of the molecule is C#C[C@@H]1C[C@]1(N)C#C. The highest BCUT2D eigenvalue weighted by atomic mass is 14.8. The van der Waals surface area contributed by atoms with Gasteiger partial charge in [0.1, 0.15) is 0 Å². The summed E-state index contributed by atoms with van der Waals surface area (Å²) in [6, 6.07) is 0. The van der Waals surface area contributed by atoms with Crippen LogP contribution in [0.15, 0.2) is 0 Å². The molecule has 1 aliphatic carbocycles. The summed E-state index contributed by atoms with van der Waals surface area (Å²) in [5.41, 5.74) is 5.07. The van der Waals surface area contributed by atoms with Crippen molar-refractivity contribution in [1.29, 1.82) is 0 Å². The van der Waals surface area contributed by atoms with Crippen LogP contribution < -0.4 is 5.73 Å². The molecule has 0 aromatic rings. The lowest BCUT2D eigenvalue weighted by atomic mass is 10.2. The molecule has 1 aliphatic rings. The Kier molecular flexibility index (Phi) is 0.834. The summed E-state index contributed by atoms with van der Waals surface area (Å²) in [4.78, 5) is 0. The van der Waals surface area contributed by atoms with Crippen LogP contribution in [-0.4, -0.2) is 5.54 Å². The highest BCUT2D eigenvalue weighted by Gasteiger charge is 2.48. The van der Waals surface area contributed by atoms with E-state index >= 15 is 0 Å². The Balaban J connectivity index is 2.62. The van der Waals surface area contributed by atoms with Crippen molar-refractivity contribution in [3.63, 3.8) is 0 Å². The van der Waals surface area contributed by atoms with E-state index < -0.39 is 5.54 Å². The highest BCUT2D eigenvalue weighted by Crippen LogP contribution is 2.39. The monoisotopic (exact) mass is 105 g/mol. The maximum atomic E-state index is 5.52. The van der Waals surface area contributed by atoms with Crippen molar-refractivity contribution in [2.24, 2.45) is 11.7 Å². The Labute approximate surface area is 49.3 Å². The average molecular weight is 105 g/mol. The van der Waals surface area contributed by atoms with Crippen LogP contribution in [0, 0.1) is 30.6 Å². The first-order valence-electron chi connectivity index (χ1n) is 2.46. The summed E-state index contributed by atoms with van der Waals surface area (Å²) in [6.07, 6.45) is 10.9. The van der Waals surface area contributed by atoms with Crippen LogP contribution in [0.2, 0.25) is 0 Å². The molecule has 1 fully saturated rings. The number of rotatable bonds is 0. The van der Waals surface area contributed by atoms with Crippen molar-refractivity contribution in [3.8, 4) is 24.7 Å². The van der Waals surface area contributed by atoms with E-state index in [2.05, 4.69) is 11.8 Å². The molecule has 1 saturated carbocycles. The fraction of sp³-hybridized carbons (Fsp3) is 0.429. The maximum absolute atomic E-state index is 5.52. The predicted molar refractivity (Wildman–Crippen MR) is 32.7 cm³/mol. The molecule has 0 saturated heterocycles. The first-order valence-corrected chi connectivity index (χ1v) is 2.46. The Bertz CT molecular complexity index is 182. The first-order chi connectivity index (χ1) is 3.73. The first kappa shape index (κ1) is 5.22. The fourth-order valence-electron chi connectivity index (χ4n) is 0.646. The third-order valence-corrected chi connectivity index (χ3v) is 1.47. The van der Waals surface area contributed by atoms with Gasteiger partial charge in [-0.15, -0.1) is 18.8 Å². The van der Waals surface area contributed by atoms with E-state index in [4.69, 9.17) is 18.6 Å². The van der Waals surface area contributed by atoms with Gasteiger partial charge in [0.15, 0.2) is 0 Å². The molecule has 2 N–H and O–H groups in total. The third kappa shape index (κ3) is 0.494. The Hall–Kier alpha value is -0.920. The smallest absolute Gasteiger partial charge is 0.0925 e. The number of hydrogen-bond donors (Lipinski definition) is 1. The van der Waals surface area contributed by atoms with E-state index in [0.29, 0.717) is 0 Å². The minimum atomic E-state index is -0.450. The topological polar surface area (TPSA) is 26.0 Å². The fourth-order valence-corrected chi connectivity index (χ4v) is 0.646. The zero-order valence-corrected chi connectivity index (χ0v) is 4.52. The quantitative estimate of drug-likeness (QED) is 0.430. The molecular formula is C7H7N. The van der Waals surface area contributed by atoms with Gasteiger partial charge >= 0.3 is 0 Å². The second-order valence-corrected chi connectivity index (χ2v) is 2.11. The van der Waals surface area contributed by atoms with Gasteiger partial charge in [-0.2, -0.15) is 0 Å². The largest absolute Gasteiger partial charge is 0.314 e. The van der Waals surface area contributed by atoms with Gasteiger partial charge in [0.2, 0.25) is 0 Å². The average Bonchev–Trinajstić information content (AvgIpc) is 2.44. The lowest BCUT2D eigenvalue weighted by Gasteiger charge is -1.92. The van der Waals surface area contributed by atoms with Crippen LogP contribution in [0.4, 0.5) is 0 Å².